The van der Waals surface area contributed by atoms with Gasteiger partial charge in [0.1, 0.15) is 11.5 Å². The summed E-state index contributed by atoms with van der Waals surface area (Å²) in [6.45, 7) is 0. The zero-order valence-electron chi connectivity index (χ0n) is 14.6. The van der Waals surface area contributed by atoms with Crippen molar-refractivity contribution in [1.29, 1.82) is 0 Å². The fourth-order valence-corrected chi connectivity index (χ4v) is 3.27. The van der Waals surface area contributed by atoms with E-state index in [1.807, 2.05) is 36.4 Å². The molecule has 0 unspecified atom stereocenters. The highest BCUT2D eigenvalue weighted by Crippen LogP contribution is 2.32. The molecule has 0 aliphatic heterocycles. The number of hydrogen-bond donors (Lipinski definition) is 2. The summed E-state index contributed by atoms with van der Waals surface area (Å²) in [5.74, 6) is 0.148. The molecule has 0 atom stereocenters. The van der Waals surface area contributed by atoms with Crippen molar-refractivity contribution in [2.75, 3.05) is 0 Å². The highest BCUT2D eigenvalue weighted by atomic mass is 16.3. The molecule has 6 heteroatoms. The van der Waals surface area contributed by atoms with E-state index in [1.165, 1.54) is 12.4 Å². The van der Waals surface area contributed by atoms with Gasteiger partial charge in [0.25, 0.3) is 0 Å². The summed E-state index contributed by atoms with van der Waals surface area (Å²) in [4.78, 5) is 17.4. The number of nitrogens with zero attached hydrogens (tertiary/aromatic N) is 4. The third-order valence-electron chi connectivity index (χ3n) is 4.67. The van der Waals surface area contributed by atoms with Crippen molar-refractivity contribution < 1.29 is 10.2 Å². The number of pyridine rings is 4. The maximum Gasteiger partial charge on any atom is 0.143 e. The Morgan fingerprint density at radius 2 is 0.964 bits per heavy atom. The Hall–Kier alpha value is -4.06. The van der Waals surface area contributed by atoms with Crippen molar-refractivity contribution in [1.82, 2.24) is 19.9 Å². The quantitative estimate of drug-likeness (QED) is 0.452. The molecule has 28 heavy (non-hydrogen) atoms. The minimum atomic E-state index is 0.0740. The van der Waals surface area contributed by atoms with E-state index in [-0.39, 0.29) is 11.5 Å². The van der Waals surface area contributed by atoms with Gasteiger partial charge in [0.05, 0.1) is 34.8 Å². The number of aromatic nitrogens is 4. The number of hydrogen-bond acceptors (Lipinski definition) is 6. The maximum atomic E-state index is 10.1. The smallest absolute Gasteiger partial charge is 0.143 e. The van der Waals surface area contributed by atoms with E-state index in [4.69, 9.17) is 9.97 Å². The normalized spacial score (nSPS) is 11.1. The van der Waals surface area contributed by atoms with Crippen LogP contribution in [0.1, 0.15) is 0 Å². The van der Waals surface area contributed by atoms with Crippen LogP contribution in [-0.4, -0.2) is 30.1 Å². The van der Waals surface area contributed by atoms with Crippen LogP contribution in [0.2, 0.25) is 0 Å². The van der Waals surface area contributed by atoms with Gasteiger partial charge in [0, 0.05) is 34.3 Å². The second kappa shape index (κ2) is 6.28. The molecular weight excluding hydrogens is 352 g/mol. The van der Waals surface area contributed by atoms with Gasteiger partial charge >= 0.3 is 0 Å². The van der Waals surface area contributed by atoms with Gasteiger partial charge in [-0.1, -0.05) is 24.3 Å². The van der Waals surface area contributed by atoms with Crippen molar-refractivity contribution >= 4 is 21.8 Å². The van der Waals surface area contributed by atoms with Crippen LogP contribution in [0, 0.1) is 0 Å². The molecule has 4 heterocycles. The summed E-state index contributed by atoms with van der Waals surface area (Å²) in [5, 5.41) is 22.1. The van der Waals surface area contributed by atoms with Crippen LogP contribution in [0.3, 0.4) is 0 Å². The summed E-state index contributed by atoms with van der Waals surface area (Å²) in [6.07, 6.45) is 6.03. The molecule has 2 N–H and O–H groups in total. The molecule has 5 aromatic rings. The zero-order chi connectivity index (χ0) is 19.1. The average Bonchev–Trinajstić information content (AvgIpc) is 2.74. The minimum Gasteiger partial charge on any atom is -0.506 e. The Morgan fingerprint density at radius 1 is 0.536 bits per heavy atom. The standard InChI is InChI=1S/C22H14N4O2/c27-19-11-23-9-7-15(19)17-5-3-13-1-2-14-4-6-18(26-22(14)21(13)25-17)16-8-10-24-12-20(16)28/h1-12,27-28H. The number of fused-ring (bicyclic) bond motifs is 3. The molecular formula is C22H14N4O2. The van der Waals surface area contributed by atoms with Crippen LogP contribution in [0.25, 0.3) is 44.3 Å². The van der Waals surface area contributed by atoms with E-state index < -0.39 is 0 Å². The highest BCUT2D eigenvalue weighted by molar-refractivity contribution is 6.04. The number of benzene rings is 1. The summed E-state index contributed by atoms with van der Waals surface area (Å²) in [5.41, 5.74) is 3.94. The molecule has 0 fully saturated rings. The first-order valence-corrected chi connectivity index (χ1v) is 8.68. The highest BCUT2D eigenvalue weighted by Gasteiger charge is 2.11. The van der Waals surface area contributed by atoms with Gasteiger partial charge in [0.15, 0.2) is 0 Å². The average molecular weight is 366 g/mol. The van der Waals surface area contributed by atoms with Gasteiger partial charge in [-0.25, -0.2) is 9.97 Å². The van der Waals surface area contributed by atoms with Crippen molar-refractivity contribution in [3.63, 3.8) is 0 Å². The zero-order valence-corrected chi connectivity index (χ0v) is 14.6. The van der Waals surface area contributed by atoms with Crippen LogP contribution in [-0.2, 0) is 0 Å². The van der Waals surface area contributed by atoms with Gasteiger partial charge in [-0.15, -0.1) is 0 Å². The van der Waals surface area contributed by atoms with E-state index in [1.54, 1.807) is 24.5 Å². The van der Waals surface area contributed by atoms with Crippen LogP contribution < -0.4 is 0 Å². The Kier molecular flexibility index (Phi) is 3.62. The molecule has 0 saturated carbocycles. The minimum absolute atomic E-state index is 0.0740. The molecule has 0 aliphatic carbocycles. The molecule has 1 aromatic carbocycles. The second-order valence-corrected chi connectivity index (χ2v) is 6.39. The van der Waals surface area contributed by atoms with Gasteiger partial charge < -0.3 is 10.2 Å². The topological polar surface area (TPSA) is 92.0 Å². The summed E-state index contributed by atoms with van der Waals surface area (Å²) >= 11 is 0. The Bertz CT molecular complexity index is 1250. The number of aromatic hydroxyl groups is 2. The first kappa shape index (κ1) is 16.1. The Morgan fingerprint density at radius 3 is 1.39 bits per heavy atom. The monoisotopic (exact) mass is 366 g/mol. The first-order chi connectivity index (χ1) is 13.7. The van der Waals surface area contributed by atoms with E-state index in [2.05, 4.69) is 9.97 Å². The van der Waals surface area contributed by atoms with Crippen LogP contribution >= 0.6 is 0 Å². The summed E-state index contributed by atoms with van der Waals surface area (Å²) in [6, 6.07) is 15.1. The summed E-state index contributed by atoms with van der Waals surface area (Å²) < 4.78 is 0. The maximum absolute atomic E-state index is 10.1. The van der Waals surface area contributed by atoms with Gasteiger partial charge in [-0.2, -0.15) is 0 Å². The first-order valence-electron chi connectivity index (χ1n) is 8.68. The van der Waals surface area contributed by atoms with E-state index in [9.17, 15) is 10.2 Å². The molecule has 0 spiro atoms. The van der Waals surface area contributed by atoms with Crippen LogP contribution in [0.15, 0.2) is 73.3 Å². The Balaban J connectivity index is 1.78. The van der Waals surface area contributed by atoms with E-state index in [0.717, 1.165) is 21.8 Å². The largest absolute Gasteiger partial charge is 0.506 e. The lowest BCUT2D eigenvalue weighted by atomic mass is 10.1. The van der Waals surface area contributed by atoms with Crippen molar-refractivity contribution in [3.8, 4) is 34.0 Å². The molecule has 5 rings (SSSR count). The molecule has 0 saturated heterocycles. The predicted octanol–water partition coefficient (Wildman–Crippen LogP) is 4.32. The third-order valence-corrected chi connectivity index (χ3v) is 4.67. The molecule has 0 aliphatic rings. The van der Waals surface area contributed by atoms with E-state index >= 15 is 0 Å². The second-order valence-electron chi connectivity index (χ2n) is 6.39. The van der Waals surface area contributed by atoms with Gasteiger partial charge in [-0.05, 0) is 24.3 Å². The third kappa shape index (κ3) is 2.59. The van der Waals surface area contributed by atoms with Crippen LogP contribution in [0.4, 0.5) is 0 Å². The molecule has 0 bridgehead atoms. The molecule has 0 radical (unpaired) electrons. The van der Waals surface area contributed by atoms with Crippen molar-refractivity contribution in [2.45, 2.75) is 0 Å². The van der Waals surface area contributed by atoms with Crippen LogP contribution in [0.5, 0.6) is 11.5 Å². The SMILES string of the molecule is Oc1cnccc1-c1ccc2ccc3ccc(-c4ccncc4O)nc3c2n1. The molecule has 6 nitrogen and oxygen atoms in total. The van der Waals surface area contributed by atoms with E-state index in [0.29, 0.717) is 22.5 Å². The fraction of sp³-hybridized carbons (Fsp3) is 0. The fourth-order valence-electron chi connectivity index (χ4n) is 3.27. The molecule has 4 aromatic heterocycles. The summed E-state index contributed by atoms with van der Waals surface area (Å²) in [7, 11) is 0. The lowest BCUT2D eigenvalue weighted by Gasteiger charge is -2.09. The Labute approximate surface area is 159 Å². The van der Waals surface area contributed by atoms with Crippen molar-refractivity contribution in [3.05, 3.63) is 73.3 Å². The molecule has 134 valence electrons. The van der Waals surface area contributed by atoms with Gasteiger partial charge in [-0.3, -0.25) is 9.97 Å². The lowest BCUT2D eigenvalue weighted by molar-refractivity contribution is 0.474. The number of rotatable bonds is 2. The molecule has 0 amide bonds. The van der Waals surface area contributed by atoms with Gasteiger partial charge in [0.2, 0.25) is 0 Å². The predicted molar refractivity (Wildman–Crippen MR) is 107 cm³/mol. The lowest BCUT2D eigenvalue weighted by Crippen LogP contribution is -1.91. The van der Waals surface area contributed by atoms with Crippen molar-refractivity contribution in [2.24, 2.45) is 0 Å².